The summed E-state index contributed by atoms with van der Waals surface area (Å²) in [6.07, 6.45) is 2.32. The summed E-state index contributed by atoms with van der Waals surface area (Å²) in [6.45, 7) is 11.3. The number of likely N-dealkylation sites (tertiary alicyclic amines) is 1. The maximum absolute atomic E-state index is 14.5. The molecule has 216 valence electrons. The summed E-state index contributed by atoms with van der Waals surface area (Å²) in [5.41, 5.74) is 6.01. The molecule has 2 fully saturated rings. The van der Waals surface area contributed by atoms with Crippen LogP contribution in [0.5, 0.6) is 5.75 Å². The Balaban J connectivity index is 1.48. The van der Waals surface area contributed by atoms with Crippen LogP contribution in [0.25, 0.3) is 11.1 Å². The molecule has 0 aromatic heterocycles. The molecule has 5 rings (SSSR count). The smallest absolute Gasteiger partial charge is 0.410 e. The van der Waals surface area contributed by atoms with Gasteiger partial charge in [0.15, 0.2) is 0 Å². The van der Waals surface area contributed by atoms with Crippen LogP contribution in [0.1, 0.15) is 68.2 Å². The summed E-state index contributed by atoms with van der Waals surface area (Å²) in [5, 5.41) is 10.0. The van der Waals surface area contributed by atoms with Crippen molar-refractivity contribution < 1.29 is 19.4 Å². The molecule has 41 heavy (non-hydrogen) atoms. The van der Waals surface area contributed by atoms with Gasteiger partial charge >= 0.3 is 6.09 Å². The number of phenols is 1. The van der Waals surface area contributed by atoms with E-state index >= 15 is 0 Å². The number of hydrogen-bond acceptors (Lipinski definition) is 4. The van der Waals surface area contributed by atoms with Crippen molar-refractivity contribution in [3.8, 4) is 16.9 Å². The van der Waals surface area contributed by atoms with Crippen LogP contribution in [-0.2, 0) is 16.1 Å². The largest absolute Gasteiger partial charge is 0.508 e. The molecule has 2 atom stereocenters. The molecule has 0 spiro atoms. The summed E-state index contributed by atoms with van der Waals surface area (Å²) in [7, 11) is 0. The zero-order chi connectivity index (χ0) is 29.3. The molecule has 1 aliphatic carbocycles. The minimum atomic E-state index is -0.605. The van der Waals surface area contributed by atoms with E-state index < -0.39 is 5.60 Å². The lowest BCUT2D eigenvalue weighted by atomic mass is 9.78. The lowest BCUT2D eigenvalue weighted by Crippen LogP contribution is -2.51. The predicted molar refractivity (Wildman–Crippen MR) is 162 cm³/mol. The van der Waals surface area contributed by atoms with Crippen LogP contribution >= 0.6 is 0 Å². The van der Waals surface area contributed by atoms with Crippen molar-refractivity contribution in [2.45, 2.75) is 78.0 Å². The second-order valence-corrected chi connectivity index (χ2v) is 12.7. The fourth-order valence-corrected chi connectivity index (χ4v) is 5.88. The summed E-state index contributed by atoms with van der Waals surface area (Å²) in [5.74, 6) is -0.104. The van der Waals surface area contributed by atoms with Crippen LogP contribution in [-0.4, -0.2) is 51.6 Å². The number of piperidine rings is 1. The molecule has 6 nitrogen and oxygen atoms in total. The van der Waals surface area contributed by atoms with Crippen LogP contribution in [0.4, 0.5) is 4.79 Å². The Kier molecular flexibility index (Phi) is 8.12. The Labute approximate surface area is 243 Å². The lowest BCUT2D eigenvalue weighted by Gasteiger charge is -2.40. The molecular weight excluding hydrogens is 512 g/mol. The van der Waals surface area contributed by atoms with Gasteiger partial charge in [0.25, 0.3) is 0 Å². The van der Waals surface area contributed by atoms with Gasteiger partial charge < -0.3 is 19.6 Å². The highest BCUT2D eigenvalue weighted by atomic mass is 16.6. The zero-order valence-corrected chi connectivity index (χ0v) is 24.9. The first-order valence-corrected chi connectivity index (χ1v) is 14.7. The molecule has 3 aromatic rings. The number of rotatable bonds is 6. The number of amides is 2. The van der Waals surface area contributed by atoms with Gasteiger partial charge in [-0.05, 0) is 105 Å². The fraction of sp³-hybridized carbons (Fsp3) is 0.429. The van der Waals surface area contributed by atoms with E-state index in [0.29, 0.717) is 26.1 Å². The third-order valence-electron chi connectivity index (χ3n) is 8.40. The molecule has 1 aliphatic heterocycles. The van der Waals surface area contributed by atoms with Gasteiger partial charge in [-0.3, -0.25) is 4.79 Å². The first-order valence-electron chi connectivity index (χ1n) is 14.7. The molecule has 3 aromatic carbocycles. The Morgan fingerprint density at radius 1 is 0.951 bits per heavy atom. The maximum Gasteiger partial charge on any atom is 0.410 e. The number of ether oxygens (including phenoxy) is 1. The van der Waals surface area contributed by atoms with E-state index in [1.807, 2.05) is 45.0 Å². The number of nitrogens with zero attached hydrogens (tertiary/aromatic N) is 2. The highest BCUT2D eigenvalue weighted by Gasteiger charge is 2.43. The molecule has 1 saturated carbocycles. The number of benzene rings is 3. The monoisotopic (exact) mass is 554 g/mol. The lowest BCUT2D eigenvalue weighted by molar-refractivity contribution is -0.139. The van der Waals surface area contributed by atoms with Gasteiger partial charge in [-0.15, -0.1) is 0 Å². The van der Waals surface area contributed by atoms with Gasteiger partial charge in [-0.25, -0.2) is 4.79 Å². The van der Waals surface area contributed by atoms with Crippen LogP contribution in [0.3, 0.4) is 0 Å². The van der Waals surface area contributed by atoms with Gasteiger partial charge in [-0.1, -0.05) is 54.6 Å². The number of aromatic hydroxyl groups is 1. The highest BCUT2D eigenvalue weighted by Crippen LogP contribution is 2.39. The normalized spacial score (nSPS) is 19.1. The highest BCUT2D eigenvalue weighted by molar-refractivity contribution is 5.82. The van der Waals surface area contributed by atoms with Crippen molar-refractivity contribution >= 4 is 12.0 Å². The molecule has 1 N–H and O–H groups in total. The number of aryl methyl sites for hydroxylation is 1. The third-order valence-corrected chi connectivity index (χ3v) is 8.40. The van der Waals surface area contributed by atoms with Crippen LogP contribution in [0.15, 0.2) is 66.7 Å². The van der Waals surface area contributed by atoms with Crippen molar-refractivity contribution in [2.75, 3.05) is 13.1 Å². The average Bonchev–Trinajstić information content (AvgIpc) is 3.78. The molecule has 2 amide bonds. The van der Waals surface area contributed by atoms with Crippen molar-refractivity contribution in [1.29, 1.82) is 0 Å². The van der Waals surface area contributed by atoms with Gasteiger partial charge in [0.1, 0.15) is 11.4 Å². The second-order valence-electron chi connectivity index (χ2n) is 12.7. The molecule has 0 bridgehead atoms. The van der Waals surface area contributed by atoms with Gasteiger partial charge in [0, 0.05) is 25.7 Å². The van der Waals surface area contributed by atoms with E-state index in [4.69, 9.17) is 4.74 Å². The standard InChI is InChI=1S/C35H42N2O4/c1-23-9-6-13-28(24(23)2)21-37(29-15-16-29)33(39)32-22-36(34(40)41-35(3,4)5)18-17-31(32)27-12-7-10-25(19-27)26-11-8-14-30(38)20-26/h6-14,19-20,29,31-32,38H,15-18,21-22H2,1-5H3/t31-,32+/m1/s1. The molecule has 0 radical (unpaired) electrons. The van der Waals surface area contributed by atoms with E-state index in [9.17, 15) is 14.7 Å². The number of hydrogen-bond donors (Lipinski definition) is 1. The number of carbonyl (C=O) groups excluding carboxylic acids is 2. The van der Waals surface area contributed by atoms with E-state index in [2.05, 4.69) is 49.1 Å². The Morgan fingerprint density at radius 2 is 1.63 bits per heavy atom. The SMILES string of the molecule is Cc1cccc(CN(C(=O)[C@H]2CN(C(=O)OC(C)(C)C)CC[C@@H]2c2cccc(-c3cccc(O)c3)c2)C2CC2)c1C. The van der Waals surface area contributed by atoms with E-state index in [-0.39, 0.29) is 35.6 Å². The van der Waals surface area contributed by atoms with Crippen LogP contribution in [0.2, 0.25) is 0 Å². The van der Waals surface area contributed by atoms with Crippen LogP contribution in [0, 0.1) is 19.8 Å². The van der Waals surface area contributed by atoms with Crippen molar-refractivity contribution in [1.82, 2.24) is 9.80 Å². The Bertz CT molecular complexity index is 1420. The van der Waals surface area contributed by atoms with Crippen molar-refractivity contribution in [2.24, 2.45) is 5.92 Å². The first-order chi connectivity index (χ1) is 19.5. The third kappa shape index (κ3) is 6.75. The number of carbonyl (C=O) groups is 2. The Morgan fingerprint density at radius 3 is 2.32 bits per heavy atom. The van der Waals surface area contributed by atoms with Gasteiger partial charge in [-0.2, -0.15) is 0 Å². The average molecular weight is 555 g/mol. The van der Waals surface area contributed by atoms with Crippen molar-refractivity contribution in [3.63, 3.8) is 0 Å². The molecule has 2 aliphatic rings. The fourth-order valence-electron chi connectivity index (χ4n) is 5.88. The molecule has 1 heterocycles. The maximum atomic E-state index is 14.5. The van der Waals surface area contributed by atoms with E-state index in [0.717, 1.165) is 29.5 Å². The summed E-state index contributed by atoms with van der Waals surface area (Å²) < 4.78 is 5.72. The zero-order valence-electron chi connectivity index (χ0n) is 24.9. The van der Waals surface area contributed by atoms with Gasteiger partial charge in [0.2, 0.25) is 5.91 Å². The predicted octanol–water partition coefficient (Wildman–Crippen LogP) is 7.21. The molecule has 1 saturated heterocycles. The molecular formula is C35H42N2O4. The quantitative estimate of drug-likeness (QED) is 0.350. The van der Waals surface area contributed by atoms with E-state index in [1.165, 1.54) is 16.7 Å². The topological polar surface area (TPSA) is 70.1 Å². The summed E-state index contributed by atoms with van der Waals surface area (Å²) in [6, 6.07) is 22.0. The summed E-state index contributed by atoms with van der Waals surface area (Å²) >= 11 is 0. The first kappa shape index (κ1) is 28.7. The van der Waals surface area contributed by atoms with E-state index in [1.54, 1.807) is 17.0 Å². The van der Waals surface area contributed by atoms with Gasteiger partial charge in [0.05, 0.1) is 5.92 Å². The Hall–Kier alpha value is -3.80. The number of phenolic OH excluding ortho intramolecular Hbond substituents is 1. The second kappa shape index (κ2) is 11.6. The van der Waals surface area contributed by atoms with Crippen molar-refractivity contribution in [3.05, 3.63) is 89.0 Å². The minimum absolute atomic E-state index is 0.0432. The summed E-state index contributed by atoms with van der Waals surface area (Å²) in [4.78, 5) is 31.5. The molecule has 0 unspecified atom stereocenters. The van der Waals surface area contributed by atoms with Crippen LogP contribution < -0.4 is 0 Å². The minimum Gasteiger partial charge on any atom is -0.508 e. The molecule has 6 heteroatoms.